The number of hydrogen-bond acceptors (Lipinski definition) is 5. The molecule has 0 bridgehead atoms. The van der Waals surface area contributed by atoms with Gasteiger partial charge in [0.05, 0.1) is 0 Å². The molecule has 4 rings (SSSR count). The summed E-state index contributed by atoms with van der Waals surface area (Å²) in [5.74, 6) is -1.95. The molecule has 3 aliphatic rings. The van der Waals surface area contributed by atoms with Crippen molar-refractivity contribution in [3.63, 3.8) is 0 Å². The highest BCUT2D eigenvalue weighted by Gasteiger charge is 2.40. The first kappa shape index (κ1) is 22.2. The molecule has 0 aromatic heterocycles. The fourth-order valence-corrected chi connectivity index (χ4v) is 4.64. The molecule has 172 valence electrons. The predicted molar refractivity (Wildman–Crippen MR) is 112 cm³/mol. The summed E-state index contributed by atoms with van der Waals surface area (Å²) in [5, 5.41) is 2.26. The van der Waals surface area contributed by atoms with Crippen LogP contribution < -0.4 is 5.32 Å². The molecule has 3 heterocycles. The van der Waals surface area contributed by atoms with E-state index in [-0.39, 0.29) is 36.8 Å². The number of ether oxygens (including phenoxy) is 1. The maximum absolute atomic E-state index is 15.1. The number of nitrogens with one attached hydrogen (secondary N) is 1. The normalized spacial score (nSPS) is 23.8. The monoisotopic (exact) mass is 445 g/mol. The number of nitrogens with zero attached hydrogens (tertiary/aromatic N) is 2. The molecule has 32 heavy (non-hydrogen) atoms. The Hall–Kier alpha value is -2.97. The van der Waals surface area contributed by atoms with E-state index >= 15 is 4.39 Å². The molecule has 1 aromatic rings. The summed E-state index contributed by atoms with van der Waals surface area (Å²) in [6, 6.07) is 2.19. The molecule has 0 saturated carbocycles. The summed E-state index contributed by atoms with van der Waals surface area (Å²) in [6.45, 7) is 6.50. The molecule has 8 nitrogen and oxygen atoms in total. The fraction of sp³-hybridized carbons (Fsp3) is 0.565. The Kier molecular flexibility index (Phi) is 5.68. The molecule has 0 radical (unpaired) electrons. The van der Waals surface area contributed by atoms with Crippen LogP contribution in [-0.4, -0.2) is 58.3 Å². The SMILES string of the molecule is CC(C)(C)OC(=O)N1CCCC(c2cc3c(cc2F)C(=O)N(C2CCC(=O)NC2=O)C3)C1. The molecule has 1 aromatic carbocycles. The second kappa shape index (κ2) is 8.18. The van der Waals surface area contributed by atoms with E-state index in [1.165, 1.54) is 11.0 Å². The van der Waals surface area contributed by atoms with Gasteiger partial charge in [0.2, 0.25) is 11.8 Å². The van der Waals surface area contributed by atoms with Crippen molar-refractivity contribution in [2.24, 2.45) is 0 Å². The zero-order valence-corrected chi connectivity index (χ0v) is 18.6. The Bertz CT molecular complexity index is 987. The summed E-state index contributed by atoms with van der Waals surface area (Å²) in [7, 11) is 0. The quantitative estimate of drug-likeness (QED) is 0.706. The van der Waals surface area contributed by atoms with E-state index in [4.69, 9.17) is 4.74 Å². The smallest absolute Gasteiger partial charge is 0.410 e. The molecule has 2 unspecified atom stereocenters. The van der Waals surface area contributed by atoms with Gasteiger partial charge in [-0.1, -0.05) is 0 Å². The molecular formula is C23H28FN3O5. The molecule has 0 spiro atoms. The highest BCUT2D eigenvalue weighted by molar-refractivity contribution is 6.05. The fourth-order valence-electron chi connectivity index (χ4n) is 4.64. The first-order chi connectivity index (χ1) is 15.0. The van der Waals surface area contributed by atoms with Gasteiger partial charge >= 0.3 is 6.09 Å². The number of fused-ring (bicyclic) bond motifs is 1. The summed E-state index contributed by atoms with van der Waals surface area (Å²) in [5.41, 5.74) is 0.763. The van der Waals surface area contributed by atoms with Crippen LogP contribution in [0.15, 0.2) is 12.1 Å². The first-order valence-electron chi connectivity index (χ1n) is 11.0. The Morgan fingerprint density at radius 1 is 1.19 bits per heavy atom. The third-order valence-electron chi connectivity index (χ3n) is 6.15. The summed E-state index contributed by atoms with van der Waals surface area (Å²) in [4.78, 5) is 52.0. The number of imide groups is 1. The van der Waals surface area contributed by atoms with Crippen molar-refractivity contribution < 1.29 is 28.3 Å². The van der Waals surface area contributed by atoms with E-state index in [0.29, 0.717) is 24.2 Å². The minimum Gasteiger partial charge on any atom is -0.444 e. The highest BCUT2D eigenvalue weighted by atomic mass is 19.1. The van der Waals surface area contributed by atoms with Crippen LogP contribution in [0.5, 0.6) is 0 Å². The third-order valence-corrected chi connectivity index (χ3v) is 6.15. The number of amides is 4. The Morgan fingerprint density at radius 3 is 2.62 bits per heavy atom. The van der Waals surface area contributed by atoms with Crippen LogP contribution in [0.1, 0.15) is 73.9 Å². The van der Waals surface area contributed by atoms with Crippen LogP contribution >= 0.6 is 0 Å². The van der Waals surface area contributed by atoms with Crippen LogP contribution in [-0.2, 0) is 20.9 Å². The average Bonchev–Trinajstić information content (AvgIpc) is 3.02. The Balaban J connectivity index is 1.52. The molecule has 3 aliphatic heterocycles. The van der Waals surface area contributed by atoms with E-state index in [9.17, 15) is 19.2 Å². The second-order valence-corrected chi connectivity index (χ2v) is 9.70. The lowest BCUT2D eigenvalue weighted by Crippen LogP contribution is -2.52. The lowest BCUT2D eigenvalue weighted by molar-refractivity contribution is -0.136. The van der Waals surface area contributed by atoms with Gasteiger partial charge in [0.25, 0.3) is 5.91 Å². The van der Waals surface area contributed by atoms with Crippen molar-refractivity contribution in [3.05, 3.63) is 34.6 Å². The van der Waals surface area contributed by atoms with E-state index in [1.807, 2.05) is 0 Å². The van der Waals surface area contributed by atoms with Crippen LogP contribution in [0.4, 0.5) is 9.18 Å². The molecular weight excluding hydrogens is 417 g/mol. The van der Waals surface area contributed by atoms with Crippen LogP contribution in [0.3, 0.4) is 0 Å². The zero-order chi connectivity index (χ0) is 23.2. The van der Waals surface area contributed by atoms with E-state index < -0.39 is 35.4 Å². The average molecular weight is 445 g/mol. The summed E-state index contributed by atoms with van der Waals surface area (Å²) < 4.78 is 20.5. The van der Waals surface area contributed by atoms with Crippen LogP contribution in [0.2, 0.25) is 0 Å². The van der Waals surface area contributed by atoms with Gasteiger partial charge in [-0.25, -0.2) is 9.18 Å². The topological polar surface area (TPSA) is 96.0 Å². The van der Waals surface area contributed by atoms with Crippen LogP contribution in [0.25, 0.3) is 0 Å². The number of hydrogen-bond donors (Lipinski definition) is 1. The predicted octanol–water partition coefficient (Wildman–Crippen LogP) is 2.70. The van der Waals surface area contributed by atoms with Gasteiger partial charge < -0.3 is 14.5 Å². The summed E-state index contributed by atoms with van der Waals surface area (Å²) in [6.07, 6.45) is 1.45. The number of halogens is 1. The number of likely N-dealkylation sites (tertiary alicyclic amines) is 1. The van der Waals surface area contributed by atoms with Crippen molar-refractivity contribution in [1.82, 2.24) is 15.1 Å². The lowest BCUT2D eigenvalue weighted by atomic mass is 9.88. The maximum atomic E-state index is 15.1. The second-order valence-electron chi connectivity index (χ2n) is 9.70. The Morgan fingerprint density at radius 2 is 1.94 bits per heavy atom. The van der Waals surface area contributed by atoms with Gasteiger partial charge in [0.1, 0.15) is 17.5 Å². The zero-order valence-electron chi connectivity index (χ0n) is 18.6. The molecule has 1 N–H and O–H groups in total. The molecule has 9 heteroatoms. The van der Waals surface area contributed by atoms with Crippen molar-refractivity contribution >= 4 is 23.8 Å². The Labute approximate surface area is 186 Å². The summed E-state index contributed by atoms with van der Waals surface area (Å²) >= 11 is 0. The van der Waals surface area contributed by atoms with Gasteiger partial charge in [0, 0.05) is 37.5 Å². The van der Waals surface area contributed by atoms with Crippen molar-refractivity contribution in [1.29, 1.82) is 0 Å². The maximum Gasteiger partial charge on any atom is 0.410 e. The minimum atomic E-state index is -0.739. The molecule has 2 atom stereocenters. The van der Waals surface area contributed by atoms with Crippen molar-refractivity contribution in [2.45, 2.75) is 70.6 Å². The first-order valence-corrected chi connectivity index (χ1v) is 11.0. The number of rotatable bonds is 2. The van der Waals surface area contributed by atoms with Gasteiger partial charge in [-0.2, -0.15) is 0 Å². The largest absolute Gasteiger partial charge is 0.444 e. The van der Waals surface area contributed by atoms with Gasteiger partial charge in [-0.05, 0) is 63.3 Å². The highest BCUT2D eigenvalue weighted by Crippen LogP contribution is 2.35. The third kappa shape index (κ3) is 4.33. The van der Waals surface area contributed by atoms with Crippen molar-refractivity contribution in [2.75, 3.05) is 13.1 Å². The molecule has 4 amide bonds. The number of carbonyl (C=O) groups excluding carboxylic acids is 4. The number of benzene rings is 1. The minimum absolute atomic E-state index is 0.165. The van der Waals surface area contributed by atoms with E-state index in [2.05, 4.69) is 5.32 Å². The molecule has 2 saturated heterocycles. The van der Waals surface area contributed by atoms with E-state index in [0.717, 1.165) is 12.8 Å². The van der Waals surface area contributed by atoms with Crippen molar-refractivity contribution in [3.8, 4) is 0 Å². The van der Waals surface area contributed by atoms with E-state index in [1.54, 1.807) is 31.7 Å². The lowest BCUT2D eigenvalue weighted by Gasteiger charge is -2.34. The van der Waals surface area contributed by atoms with Gasteiger partial charge in [-0.15, -0.1) is 0 Å². The number of carbonyl (C=O) groups is 4. The standard InChI is InChI=1S/C23H28FN3O5/c1-23(2,3)32-22(31)26-8-4-5-13(11-26)15-9-14-12-27(21(30)16(14)10-17(15)24)18-6-7-19(28)25-20(18)29/h9-10,13,18H,4-8,11-12H2,1-3H3,(H,25,28,29). The number of piperidine rings is 2. The van der Waals surface area contributed by atoms with Crippen LogP contribution in [0, 0.1) is 5.82 Å². The molecule has 0 aliphatic carbocycles. The van der Waals surface area contributed by atoms with Gasteiger partial charge in [0.15, 0.2) is 0 Å². The molecule has 2 fully saturated rings. The van der Waals surface area contributed by atoms with Gasteiger partial charge in [-0.3, -0.25) is 19.7 Å².